The quantitative estimate of drug-likeness (QED) is 0.298. The minimum absolute atomic E-state index is 0.176. The van der Waals surface area contributed by atoms with Crippen molar-refractivity contribution in [3.63, 3.8) is 0 Å². The van der Waals surface area contributed by atoms with Gasteiger partial charge in [-0.25, -0.2) is 0 Å². The molecular formula is C14H28O2. The van der Waals surface area contributed by atoms with Crippen LogP contribution in [-0.2, 0) is 9.47 Å². The molecule has 0 saturated heterocycles. The van der Waals surface area contributed by atoms with E-state index < -0.39 is 0 Å². The Balaban J connectivity index is 3.19. The molecular weight excluding hydrogens is 200 g/mol. The lowest BCUT2D eigenvalue weighted by molar-refractivity contribution is -0.0667. The van der Waals surface area contributed by atoms with Gasteiger partial charge >= 0.3 is 0 Å². The van der Waals surface area contributed by atoms with Gasteiger partial charge in [0.15, 0.2) is 6.29 Å². The first-order valence-electron chi connectivity index (χ1n) is 6.57. The van der Waals surface area contributed by atoms with E-state index in [4.69, 9.17) is 9.47 Å². The summed E-state index contributed by atoms with van der Waals surface area (Å²) < 4.78 is 10.1. The van der Waals surface area contributed by atoms with Crippen molar-refractivity contribution in [2.24, 2.45) is 0 Å². The molecule has 0 N–H and O–H groups in total. The Morgan fingerprint density at radius 1 is 0.875 bits per heavy atom. The van der Waals surface area contributed by atoms with E-state index in [1.165, 1.54) is 44.9 Å². The third kappa shape index (κ3) is 10.2. The van der Waals surface area contributed by atoms with Crippen LogP contribution in [0.4, 0.5) is 0 Å². The highest BCUT2D eigenvalue weighted by Gasteiger charge is 1.96. The zero-order valence-corrected chi connectivity index (χ0v) is 11.2. The largest absolute Gasteiger partial charge is 0.352 e. The molecule has 0 rings (SSSR count). The second-order valence-corrected chi connectivity index (χ2v) is 4.18. The average molecular weight is 228 g/mol. The van der Waals surface area contributed by atoms with Crippen LogP contribution >= 0.6 is 0 Å². The van der Waals surface area contributed by atoms with E-state index in [1.807, 2.05) is 6.08 Å². The summed E-state index contributed by atoms with van der Waals surface area (Å²) in [6.07, 6.45) is 14.6. The Labute approximate surface area is 101 Å². The van der Waals surface area contributed by atoms with E-state index in [-0.39, 0.29) is 6.29 Å². The first kappa shape index (κ1) is 15.7. The van der Waals surface area contributed by atoms with Crippen molar-refractivity contribution in [1.29, 1.82) is 0 Å². The SMILES string of the molecule is CCCCCCCCCC=CC(OC)OC. The van der Waals surface area contributed by atoms with Gasteiger partial charge in [-0.1, -0.05) is 51.5 Å². The van der Waals surface area contributed by atoms with Crippen LogP contribution in [-0.4, -0.2) is 20.5 Å². The number of unbranched alkanes of at least 4 members (excludes halogenated alkanes) is 7. The summed E-state index contributed by atoms with van der Waals surface area (Å²) in [5.41, 5.74) is 0. The monoisotopic (exact) mass is 228 g/mol. The average Bonchev–Trinajstić information content (AvgIpc) is 2.32. The van der Waals surface area contributed by atoms with E-state index in [0.29, 0.717) is 0 Å². The standard InChI is InChI=1S/C14H28O2/c1-4-5-6-7-8-9-10-11-12-13-14(15-2)16-3/h12-14H,4-11H2,1-3H3. The maximum Gasteiger partial charge on any atom is 0.176 e. The van der Waals surface area contributed by atoms with Crippen molar-refractivity contribution in [2.75, 3.05) is 14.2 Å². The number of rotatable bonds is 11. The number of hydrogen-bond acceptors (Lipinski definition) is 2. The molecule has 0 amide bonds. The predicted octanol–water partition coefficient (Wildman–Crippen LogP) is 4.30. The van der Waals surface area contributed by atoms with Gasteiger partial charge in [0, 0.05) is 14.2 Å². The van der Waals surface area contributed by atoms with Gasteiger partial charge in [-0.3, -0.25) is 0 Å². The Morgan fingerprint density at radius 3 is 2.00 bits per heavy atom. The Bertz CT molecular complexity index is 151. The van der Waals surface area contributed by atoms with E-state index in [2.05, 4.69) is 13.0 Å². The summed E-state index contributed by atoms with van der Waals surface area (Å²) in [6.45, 7) is 2.26. The molecule has 0 aliphatic heterocycles. The van der Waals surface area contributed by atoms with Crippen molar-refractivity contribution in [3.8, 4) is 0 Å². The molecule has 16 heavy (non-hydrogen) atoms. The minimum Gasteiger partial charge on any atom is -0.352 e. The van der Waals surface area contributed by atoms with Gasteiger partial charge < -0.3 is 9.47 Å². The van der Waals surface area contributed by atoms with Crippen molar-refractivity contribution < 1.29 is 9.47 Å². The molecule has 0 aromatic heterocycles. The first-order chi connectivity index (χ1) is 7.85. The highest BCUT2D eigenvalue weighted by molar-refractivity contribution is 4.84. The smallest absolute Gasteiger partial charge is 0.176 e. The molecule has 0 aromatic rings. The molecule has 0 saturated carbocycles. The van der Waals surface area contributed by atoms with E-state index in [9.17, 15) is 0 Å². The van der Waals surface area contributed by atoms with Gasteiger partial charge in [0.25, 0.3) is 0 Å². The molecule has 0 spiro atoms. The molecule has 0 aliphatic carbocycles. The molecule has 2 heteroatoms. The molecule has 2 nitrogen and oxygen atoms in total. The third-order valence-corrected chi connectivity index (χ3v) is 2.73. The molecule has 0 aromatic carbocycles. The summed E-state index contributed by atoms with van der Waals surface area (Å²) in [7, 11) is 3.32. The van der Waals surface area contributed by atoms with E-state index in [0.717, 1.165) is 6.42 Å². The second kappa shape index (κ2) is 12.7. The summed E-state index contributed by atoms with van der Waals surface area (Å²) in [5, 5.41) is 0. The highest BCUT2D eigenvalue weighted by Crippen LogP contribution is 2.08. The Hall–Kier alpha value is -0.340. The van der Waals surface area contributed by atoms with Crippen molar-refractivity contribution in [3.05, 3.63) is 12.2 Å². The van der Waals surface area contributed by atoms with Crippen molar-refractivity contribution in [2.45, 2.75) is 64.6 Å². The number of allylic oxidation sites excluding steroid dienone is 1. The topological polar surface area (TPSA) is 18.5 Å². The predicted molar refractivity (Wildman–Crippen MR) is 69.6 cm³/mol. The van der Waals surface area contributed by atoms with Gasteiger partial charge in [-0.2, -0.15) is 0 Å². The molecule has 0 heterocycles. The van der Waals surface area contributed by atoms with Crippen molar-refractivity contribution in [1.82, 2.24) is 0 Å². The van der Waals surface area contributed by atoms with Gasteiger partial charge in [0.2, 0.25) is 0 Å². The zero-order valence-electron chi connectivity index (χ0n) is 11.2. The molecule has 0 fully saturated rings. The minimum atomic E-state index is -0.176. The third-order valence-electron chi connectivity index (χ3n) is 2.73. The fourth-order valence-electron chi connectivity index (χ4n) is 1.68. The lowest BCUT2D eigenvalue weighted by Gasteiger charge is -2.07. The van der Waals surface area contributed by atoms with Crippen molar-refractivity contribution >= 4 is 0 Å². The number of methoxy groups -OCH3 is 2. The fourth-order valence-corrected chi connectivity index (χ4v) is 1.68. The zero-order chi connectivity index (χ0) is 12.1. The number of hydrogen-bond donors (Lipinski definition) is 0. The van der Waals surface area contributed by atoms with Gasteiger partial charge in [0.05, 0.1) is 0 Å². The molecule has 0 atom stereocenters. The van der Waals surface area contributed by atoms with Crippen LogP contribution in [0.25, 0.3) is 0 Å². The maximum atomic E-state index is 5.06. The lowest BCUT2D eigenvalue weighted by atomic mass is 10.1. The Kier molecular flexibility index (Phi) is 12.5. The van der Waals surface area contributed by atoms with Crippen LogP contribution in [0.1, 0.15) is 58.3 Å². The van der Waals surface area contributed by atoms with E-state index in [1.54, 1.807) is 14.2 Å². The summed E-state index contributed by atoms with van der Waals surface area (Å²) in [6, 6.07) is 0. The van der Waals surface area contributed by atoms with Crippen LogP contribution in [0.3, 0.4) is 0 Å². The van der Waals surface area contributed by atoms with Crippen LogP contribution in [0.15, 0.2) is 12.2 Å². The lowest BCUT2D eigenvalue weighted by Crippen LogP contribution is -2.08. The molecule has 0 radical (unpaired) electrons. The maximum absolute atomic E-state index is 5.06. The Morgan fingerprint density at radius 2 is 1.44 bits per heavy atom. The molecule has 96 valence electrons. The molecule has 0 unspecified atom stereocenters. The first-order valence-corrected chi connectivity index (χ1v) is 6.57. The summed E-state index contributed by atoms with van der Waals surface area (Å²) in [4.78, 5) is 0. The van der Waals surface area contributed by atoms with E-state index >= 15 is 0 Å². The molecule has 0 bridgehead atoms. The highest BCUT2D eigenvalue weighted by atomic mass is 16.7. The van der Waals surface area contributed by atoms with Gasteiger partial charge in [0.1, 0.15) is 0 Å². The van der Waals surface area contributed by atoms with Gasteiger partial charge in [-0.15, -0.1) is 0 Å². The van der Waals surface area contributed by atoms with Gasteiger partial charge in [-0.05, 0) is 18.9 Å². The summed E-state index contributed by atoms with van der Waals surface area (Å²) >= 11 is 0. The summed E-state index contributed by atoms with van der Waals surface area (Å²) in [5.74, 6) is 0. The molecule has 0 aliphatic rings. The van der Waals surface area contributed by atoms with Crippen LogP contribution in [0, 0.1) is 0 Å². The number of ether oxygens (including phenoxy) is 2. The second-order valence-electron chi connectivity index (χ2n) is 4.18. The van der Waals surface area contributed by atoms with Crippen LogP contribution in [0.5, 0.6) is 0 Å². The van der Waals surface area contributed by atoms with Crippen LogP contribution < -0.4 is 0 Å². The normalized spacial score (nSPS) is 11.8. The van der Waals surface area contributed by atoms with Crippen LogP contribution in [0.2, 0.25) is 0 Å². The fraction of sp³-hybridized carbons (Fsp3) is 0.857.